The molecule has 3 aromatic rings. The van der Waals surface area contributed by atoms with Crippen LogP contribution in [0.15, 0.2) is 53.9 Å². The number of nitrogens with zero attached hydrogens (tertiary/aromatic N) is 4. The van der Waals surface area contributed by atoms with Crippen LogP contribution < -0.4 is 4.74 Å². The second kappa shape index (κ2) is 9.21. The predicted molar refractivity (Wildman–Crippen MR) is 110 cm³/mol. The molecule has 0 N–H and O–H groups in total. The van der Waals surface area contributed by atoms with Crippen LogP contribution in [0.2, 0.25) is 0 Å². The molecule has 28 heavy (non-hydrogen) atoms. The minimum atomic E-state index is 0.271. The zero-order valence-corrected chi connectivity index (χ0v) is 16.8. The molecule has 3 heterocycles. The van der Waals surface area contributed by atoms with Gasteiger partial charge in [-0.25, -0.2) is 0 Å². The Bertz CT molecular complexity index is 894. The van der Waals surface area contributed by atoms with Crippen molar-refractivity contribution in [3.63, 3.8) is 0 Å². The lowest BCUT2D eigenvalue weighted by Gasteiger charge is -2.22. The molecule has 1 aromatic carbocycles. The summed E-state index contributed by atoms with van der Waals surface area (Å²) in [5, 5.41) is 9.81. The lowest BCUT2D eigenvalue weighted by molar-refractivity contribution is 0.0315. The number of thioether (sulfide) groups is 1. The van der Waals surface area contributed by atoms with Gasteiger partial charge in [-0.05, 0) is 50.5 Å². The average Bonchev–Trinajstić information content (AvgIpc) is 3.18. The van der Waals surface area contributed by atoms with Crippen molar-refractivity contribution in [2.24, 2.45) is 0 Å². The van der Waals surface area contributed by atoms with Gasteiger partial charge in [0, 0.05) is 30.3 Å². The first kappa shape index (κ1) is 19.0. The van der Waals surface area contributed by atoms with Gasteiger partial charge in [0.1, 0.15) is 5.75 Å². The van der Waals surface area contributed by atoms with Gasteiger partial charge in [0.15, 0.2) is 11.0 Å². The molecule has 7 heteroatoms. The van der Waals surface area contributed by atoms with Crippen molar-refractivity contribution in [1.82, 2.24) is 19.7 Å². The fourth-order valence-corrected chi connectivity index (χ4v) is 4.30. The Kier molecular flexibility index (Phi) is 6.24. The number of benzene rings is 1. The van der Waals surface area contributed by atoms with E-state index in [2.05, 4.69) is 19.7 Å². The molecule has 1 atom stereocenters. The van der Waals surface area contributed by atoms with Crippen LogP contribution in [0.3, 0.4) is 0 Å². The summed E-state index contributed by atoms with van der Waals surface area (Å²) < 4.78 is 13.8. The molecule has 1 aliphatic heterocycles. The van der Waals surface area contributed by atoms with Crippen LogP contribution in [0.1, 0.15) is 26.2 Å². The van der Waals surface area contributed by atoms with E-state index in [9.17, 15) is 0 Å². The van der Waals surface area contributed by atoms with Crippen LogP contribution in [-0.4, -0.2) is 44.8 Å². The summed E-state index contributed by atoms with van der Waals surface area (Å²) in [5.41, 5.74) is 1.85. The van der Waals surface area contributed by atoms with Gasteiger partial charge in [-0.2, -0.15) is 0 Å². The van der Waals surface area contributed by atoms with Gasteiger partial charge < -0.3 is 9.47 Å². The number of rotatable bonds is 7. The van der Waals surface area contributed by atoms with Crippen LogP contribution in [0.25, 0.3) is 17.1 Å². The predicted octanol–water partition coefficient (Wildman–Crippen LogP) is 4.39. The summed E-state index contributed by atoms with van der Waals surface area (Å²) >= 11 is 1.68. The van der Waals surface area contributed by atoms with Crippen LogP contribution in [0, 0.1) is 0 Å². The molecule has 4 rings (SSSR count). The second-order valence-corrected chi connectivity index (χ2v) is 7.57. The third-order valence-electron chi connectivity index (χ3n) is 4.63. The molecule has 0 bridgehead atoms. The van der Waals surface area contributed by atoms with E-state index in [1.54, 1.807) is 18.0 Å². The zero-order valence-electron chi connectivity index (χ0n) is 16.0. The Labute approximate surface area is 169 Å². The molecule has 1 saturated heterocycles. The Morgan fingerprint density at radius 1 is 1.18 bits per heavy atom. The van der Waals surface area contributed by atoms with Gasteiger partial charge in [0.25, 0.3) is 0 Å². The van der Waals surface area contributed by atoms with E-state index in [1.165, 1.54) is 6.42 Å². The molecule has 0 aliphatic carbocycles. The van der Waals surface area contributed by atoms with Crippen molar-refractivity contribution in [3.05, 3.63) is 48.8 Å². The first-order chi connectivity index (χ1) is 13.9. The molecular formula is C21H24N4O2S. The van der Waals surface area contributed by atoms with Crippen molar-refractivity contribution in [3.8, 4) is 22.8 Å². The maximum absolute atomic E-state index is 5.89. The molecule has 0 amide bonds. The van der Waals surface area contributed by atoms with E-state index in [4.69, 9.17) is 9.47 Å². The summed E-state index contributed by atoms with van der Waals surface area (Å²) in [5.74, 6) is 2.43. The largest absolute Gasteiger partial charge is 0.492 e. The fraction of sp³-hybridized carbons (Fsp3) is 0.381. The molecule has 1 unspecified atom stereocenters. The van der Waals surface area contributed by atoms with E-state index in [0.717, 1.165) is 53.2 Å². The number of hydrogen-bond acceptors (Lipinski definition) is 6. The van der Waals surface area contributed by atoms with Gasteiger partial charge >= 0.3 is 0 Å². The maximum Gasteiger partial charge on any atom is 0.196 e. The highest BCUT2D eigenvalue weighted by atomic mass is 32.2. The molecule has 6 nitrogen and oxygen atoms in total. The van der Waals surface area contributed by atoms with E-state index < -0.39 is 0 Å². The van der Waals surface area contributed by atoms with E-state index in [-0.39, 0.29) is 6.10 Å². The van der Waals surface area contributed by atoms with Crippen LogP contribution in [-0.2, 0) is 4.74 Å². The number of para-hydroxylation sites is 2. The quantitative estimate of drug-likeness (QED) is 0.552. The molecule has 0 spiro atoms. The Balaban J connectivity index is 1.72. The minimum Gasteiger partial charge on any atom is -0.492 e. The molecule has 0 radical (unpaired) electrons. The van der Waals surface area contributed by atoms with E-state index in [0.29, 0.717) is 6.61 Å². The Morgan fingerprint density at radius 2 is 2.11 bits per heavy atom. The molecule has 0 saturated carbocycles. The highest BCUT2D eigenvalue weighted by Crippen LogP contribution is 2.33. The maximum atomic E-state index is 5.89. The van der Waals surface area contributed by atoms with Crippen LogP contribution in [0.4, 0.5) is 0 Å². The normalized spacial score (nSPS) is 16.8. The van der Waals surface area contributed by atoms with Crippen molar-refractivity contribution in [2.75, 3.05) is 19.0 Å². The second-order valence-electron chi connectivity index (χ2n) is 6.58. The zero-order chi connectivity index (χ0) is 19.2. The summed E-state index contributed by atoms with van der Waals surface area (Å²) in [6, 6.07) is 11.9. The molecule has 2 aromatic heterocycles. The number of ether oxygens (including phenoxy) is 2. The Morgan fingerprint density at radius 3 is 2.89 bits per heavy atom. The van der Waals surface area contributed by atoms with Gasteiger partial charge in [-0.15, -0.1) is 10.2 Å². The smallest absolute Gasteiger partial charge is 0.196 e. The summed E-state index contributed by atoms with van der Waals surface area (Å²) in [7, 11) is 0. The molecule has 146 valence electrons. The summed E-state index contributed by atoms with van der Waals surface area (Å²) in [4.78, 5) is 4.24. The highest BCUT2D eigenvalue weighted by Gasteiger charge is 2.21. The monoisotopic (exact) mass is 396 g/mol. The molecule has 1 fully saturated rings. The summed E-state index contributed by atoms with van der Waals surface area (Å²) in [6.45, 7) is 3.44. The van der Waals surface area contributed by atoms with Crippen molar-refractivity contribution >= 4 is 11.8 Å². The standard InChI is InChI=1S/C21H24N4O2S/c1-2-26-19-11-4-3-10-18(19)25-20(16-8-7-12-22-14-16)23-24-21(25)28-15-17-9-5-6-13-27-17/h3-4,7-8,10-12,14,17H,2,5-6,9,13,15H2,1H3. The van der Waals surface area contributed by atoms with Gasteiger partial charge in [-0.3, -0.25) is 9.55 Å². The third-order valence-corrected chi connectivity index (χ3v) is 5.69. The summed E-state index contributed by atoms with van der Waals surface area (Å²) in [6.07, 6.45) is 7.33. The van der Waals surface area contributed by atoms with Crippen molar-refractivity contribution < 1.29 is 9.47 Å². The third kappa shape index (κ3) is 4.20. The van der Waals surface area contributed by atoms with Gasteiger partial charge in [0.2, 0.25) is 0 Å². The topological polar surface area (TPSA) is 62.1 Å². The first-order valence-corrected chi connectivity index (χ1v) is 10.7. The number of aromatic nitrogens is 4. The molecular weight excluding hydrogens is 372 g/mol. The van der Waals surface area contributed by atoms with Gasteiger partial charge in [0.05, 0.1) is 18.4 Å². The SMILES string of the molecule is CCOc1ccccc1-n1c(SCC2CCCCO2)nnc1-c1cccnc1. The van der Waals surface area contributed by atoms with Crippen LogP contribution in [0.5, 0.6) is 5.75 Å². The van der Waals surface area contributed by atoms with Crippen molar-refractivity contribution in [2.45, 2.75) is 37.4 Å². The van der Waals surface area contributed by atoms with E-state index in [1.807, 2.05) is 49.5 Å². The molecule has 1 aliphatic rings. The van der Waals surface area contributed by atoms with Crippen molar-refractivity contribution in [1.29, 1.82) is 0 Å². The number of hydrogen-bond donors (Lipinski definition) is 0. The number of pyridine rings is 1. The lowest BCUT2D eigenvalue weighted by atomic mass is 10.1. The average molecular weight is 397 g/mol. The highest BCUT2D eigenvalue weighted by molar-refractivity contribution is 7.99. The first-order valence-electron chi connectivity index (χ1n) is 9.69. The lowest BCUT2D eigenvalue weighted by Crippen LogP contribution is -2.21. The van der Waals surface area contributed by atoms with Gasteiger partial charge in [-0.1, -0.05) is 23.9 Å². The minimum absolute atomic E-state index is 0.271. The van der Waals surface area contributed by atoms with E-state index >= 15 is 0 Å². The Hall–Kier alpha value is -2.38. The van der Waals surface area contributed by atoms with Crippen LogP contribution >= 0.6 is 11.8 Å². The fourth-order valence-electron chi connectivity index (χ4n) is 3.29.